The average Bonchev–Trinajstić information content (AvgIpc) is 3.03. The maximum atomic E-state index is 12.7. The Labute approximate surface area is 137 Å². The molecule has 7 nitrogen and oxygen atoms in total. The monoisotopic (exact) mass is 338 g/mol. The summed E-state index contributed by atoms with van der Waals surface area (Å²) in [4.78, 5) is 24.4. The van der Waals surface area contributed by atoms with E-state index in [1.807, 2.05) is 0 Å². The quantitative estimate of drug-likeness (QED) is 0.572. The summed E-state index contributed by atoms with van der Waals surface area (Å²) in [6, 6.07) is 5.54. The van der Waals surface area contributed by atoms with Gasteiger partial charge in [0.15, 0.2) is 0 Å². The number of methoxy groups -OCH3 is 1. The second kappa shape index (κ2) is 7.75. The van der Waals surface area contributed by atoms with Crippen LogP contribution in [0.5, 0.6) is 0 Å². The van der Waals surface area contributed by atoms with Crippen LogP contribution in [0.15, 0.2) is 41.2 Å². The molecule has 2 rings (SSSR count). The summed E-state index contributed by atoms with van der Waals surface area (Å²) >= 11 is 6.03. The van der Waals surface area contributed by atoms with Gasteiger partial charge in [0.25, 0.3) is 11.6 Å². The minimum Gasteiger partial charge on any atom is -0.472 e. The van der Waals surface area contributed by atoms with Crippen LogP contribution in [0.4, 0.5) is 5.69 Å². The number of benzene rings is 1. The summed E-state index contributed by atoms with van der Waals surface area (Å²) in [6.45, 7) is 1.04. The van der Waals surface area contributed by atoms with Gasteiger partial charge in [-0.05, 0) is 12.1 Å². The van der Waals surface area contributed by atoms with Gasteiger partial charge in [-0.2, -0.15) is 0 Å². The molecule has 0 fully saturated rings. The molecule has 1 amide bonds. The molecule has 0 aliphatic carbocycles. The summed E-state index contributed by atoms with van der Waals surface area (Å²) in [5.74, 6) is -0.330. The van der Waals surface area contributed by atoms with Gasteiger partial charge in [0.2, 0.25) is 0 Å². The van der Waals surface area contributed by atoms with Crippen LogP contribution >= 0.6 is 11.6 Å². The lowest BCUT2D eigenvalue weighted by Gasteiger charge is -2.22. The van der Waals surface area contributed by atoms with E-state index in [1.165, 1.54) is 24.5 Å². The van der Waals surface area contributed by atoms with Crippen LogP contribution in [0.2, 0.25) is 5.02 Å². The van der Waals surface area contributed by atoms with Gasteiger partial charge in [-0.25, -0.2) is 0 Å². The summed E-state index contributed by atoms with van der Waals surface area (Å²) in [7, 11) is 1.54. The summed E-state index contributed by atoms with van der Waals surface area (Å²) < 4.78 is 10.0. The minimum absolute atomic E-state index is 0.0406. The van der Waals surface area contributed by atoms with Gasteiger partial charge in [-0.15, -0.1) is 0 Å². The molecule has 0 spiro atoms. The highest BCUT2D eigenvalue weighted by molar-refractivity contribution is 6.34. The number of nitro groups is 1. The number of nitro benzene ring substituents is 1. The topological polar surface area (TPSA) is 85.8 Å². The minimum atomic E-state index is -0.561. The first kappa shape index (κ1) is 17.0. The zero-order valence-electron chi connectivity index (χ0n) is 12.4. The molecule has 0 aliphatic rings. The Hall–Kier alpha value is -2.38. The van der Waals surface area contributed by atoms with Crippen molar-refractivity contribution in [3.63, 3.8) is 0 Å². The van der Waals surface area contributed by atoms with Crippen LogP contribution < -0.4 is 0 Å². The van der Waals surface area contributed by atoms with Gasteiger partial charge in [0, 0.05) is 37.9 Å². The zero-order valence-corrected chi connectivity index (χ0v) is 13.2. The van der Waals surface area contributed by atoms with Gasteiger partial charge >= 0.3 is 0 Å². The normalized spacial score (nSPS) is 10.5. The molecule has 0 radical (unpaired) electrons. The predicted octanol–water partition coefficient (Wildman–Crippen LogP) is 3.13. The Morgan fingerprint density at radius 2 is 2.22 bits per heavy atom. The van der Waals surface area contributed by atoms with Crippen LogP contribution in [0.1, 0.15) is 15.9 Å². The number of carbonyl (C=O) groups excluding carboxylic acids is 1. The molecule has 23 heavy (non-hydrogen) atoms. The van der Waals surface area contributed by atoms with Gasteiger partial charge < -0.3 is 14.1 Å². The smallest absolute Gasteiger partial charge is 0.270 e. The van der Waals surface area contributed by atoms with E-state index < -0.39 is 4.92 Å². The fourth-order valence-electron chi connectivity index (χ4n) is 2.02. The molecule has 8 heteroatoms. The largest absolute Gasteiger partial charge is 0.472 e. The molecule has 0 unspecified atom stereocenters. The van der Waals surface area contributed by atoms with Crippen molar-refractivity contribution < 1.29 is 18.9 Å². The molecule has 0 atom stereocenters. The first-order chi connectivity index (χ1) is 11.0. The molecule has 1 aromatic carbocycles. The van der Waals surface area contributed by atoms with Crippen molar-refractivity contribution in [1.29, 1.82) is 0 Å². The Morgan fingerprint density at radius 1 is 1.43 bits per heavy atom. The second-order valence-electron chi connectivity index (χ2n) is 4.77. The molecule has 0 saturated carbocycles. The van der Waals surface area contributed by atoms with E-state index >= 15 is 0 Å². The highest BCUT2D eigenvalue weighted by Crippen LogP contribution is 2.24. The van der Waals surface area contributed by atoms with E-state index in [2.05, 4.69) is 0 Å². The van der Waals surface area contributed by atoms with Crippen LogP contribution in [-0.4, -0.2) is 36.0 Å². The first-order valence-corrected chi connectivity index (χ1v) is 7.14. The van der Waals surface area contributed by atoms with E-state index in [4.69, 9.17) is 20.8 Å². The van der Waals surface area contributed by atoms with E-state index in [-0.39, 0.29) is 22.2 Å². The number of ether oxygens (including phenoxy) is 1. The Balaban J connectivity index is 2.23. The van der Waals surface area contributed by atoms with Crippen molar-refractivity contribution >= 4 is 23.2 Å². The summed E-state index contributed by atoms with van der Waals surface area (Å²) in [5.41, 5.74) is 0.870. The number of rotatable bonds is 7. The molecule has 2 aromatic rings. The molecular formula is C15H15ClN2O5. The van der Waals surface area contributed by atoms with Gasteiger partial charge in [0.1, 0.15) is 0 Å². The van der Waals surface area contributed by atoms with Crippen molar-refractivity contribution in [2.45, 2.75) is 6.54 Å². The van der Waals surface area contributed by atoms with Crippen LogP contribution in [0, 0.1) is 10.1 Å². The molecule has 0 aliphatic heterocycles. The standard InChI is InChI=1S/C15H15ClN2O5/c1-22-7-5-17(9-11-4-6-23-10-11)15(19)13-3-2-12(18(20)21)8-14(13)16/h2-4,6,8,10H,5,7,9H2,1H3. The highest BCUT2D eigenvalue weighted by Gasteiger charge is 2.21. The highest BCUT2D eigenvalue weighted by atomic mass is 35.5. The number of carbonyl (C=O) groups is 1. The number of hydrogen-bond acceptors (Lipinski definition) is 5. The van der Waals surface area contributed by atoms with Gasteiger partial charge in [0.05, 0.1) is 34.6 Å². The molecule has 0 N–H and O–H groups in total. The molecular weight excluding hydrogens is 324 g/mol. The van der Waals surface area contributed by atoms with Gasteiger partial charge in [-0.1, -0.05) is 11.6 Å². The lowest BCUT2D eigenvalue weighted by molar-refractivity contribution is -0.384. The third kappa shape index (κ3) is 4.30. The fourth-order valence-corrected chi connectivity index (χ4v) is 2.27. The molecule has 0 saturated heterocycles. The van der Waals surface area contributed by atoms with E-state index in [1.54, 1.807) is 24.3 Å². The number of halogens is 1. The van der Waals surface area contributed by atoms with Crippen molar-refractivity contribution in [2.24, 2.45) is 0 Å². The molecule has 0 bridgehead atoms. The van der Waals surface area contributed by atoms with Crippen molar-refractivity contribution in [1.82, 2.24) is 4.90 Å². The van der Waals surface area contributed by atoms with E-state index in [9.17, 15) is 14.9 Å². The Kier molecular flexibility index (Phi) is 5.72. The molecule has 1 aromatic heterocycles. The van der Waals surface area contributed by atoms with Crippen molar-refractivity contribution in [2.75, 3.05) is 20.3 Å². The maximum Gasteiger partial charge on any atom is 0.270 e. The number of nitrogens with zero attached hydrogens (tertiary/aromatic N) is 2. The van der Waals surface area contributed by atoms with Crippen molar-refractivity contribution in [3.05, 3.63) is 63.1 Å². The van der Waals surface area contributed by atoms with Crippen LogP contribution in [-0.2, 0) is 11.3 Å². The Bertz CT molecular complexity index is 687. The average molecular weight is 339 g/mol. The lowest BCUT2D eigenvalue weighted by Crippen LogP contribution is -2.33. The fraction of sp³-hybridized carbons (Fsp3) is 0.267. The third-order valence-electron chi connectivity index (χ3n) is 3.20. The molecule has 1 heterocycles. The lowest BCUT2D eigenvalue weighted by atomic mass is 10.1. The first-order valence-electron chi connectivity index (χ1n) is 6.76. The third-order valence-corrected chi connectivity index (χ3v) is 3.51. The SMILES string of the molecule is COCCN(Cc1ccoc1)C(=O)c1ccc([N+](=O)[O-])cc1Cl. The summed E-state index contributed by atoms with van der Waals surface area (Å²) in [5, 5.41) is 10.8. The number of amides is 1. The number of hydrogen-bond donors (Lipinski definition) is 0. The Morgan fingerprint density at radius 3 is 2.78 bits per heavy atom. The summed E-state index contributed by atoms with van der Waals surface area (Å²) in [6.07, 6.45) is 3.07. The van der Waals surface area contributed by atoms with Crippen LogP contribution in [0.25, 0.3) is 0 Å². The van der Waals surface area contributed by atoms with Gasteiger partial charge in [-0.3, -0.25) is 14.9 Å². The van der Waals surface area contributed by atoms with E-state index in [0.717, 1.165) is 5.56 Å². The van der Waals surface area contributed by atoms with E-state index in [0.29, 0.717) is 19.7 Å². The number of furan rings is 1. The van der Waals surface area contributed by atoms with Crippen molar-refractivity contribution in [3.8, 4) is 0 Å². The molecule has 122 valence electrons. The zero-order chi connectivity index (χ0) is 16.8. The maximum absolute atomic E-state index is 12.7. The number of non-ortho nitro benzene ring substituents is 1. The van der Waals surface area contributed by atoms with Crippen LogP contribution in [0.3, 0.4) is 0 Å². The predicted molar refractivity (Wildman–Crippen MR) is 83.4 cm³/mol. The second-order valence-corrected chi connectivity index (χ2v) is 5.18.